The molecule has 25 heavy (non-hydrogen) atoms. The number of likely N-dealkylation sites (N-methyl/N-ethyl adjacent to an activating group) is 1. The number of hydrogen-bond acceptors (Lipinski definition) is 5. The van der Waals surface area contributed by atoms with Gasteiger partial charge in [-0.15, -0.1) is 0 Å². The summed E-state index contributed by atoms with van der Waals surface area (Å²) in [5.74, 6) is 0.222. The zero-order chi connectivity index (χ0) is 19.0. The van der Waals surface area contributed by atoms with E-state index in [2.05, 4.69) is 32.6 Å². The first-order chi connectivity index (χ1) is 11.7. The molecule has 0 radical (unpaired) electrons. The Kier molecular flexibility index (Phi) is 9.38. The Morgan fingerprint density at radius 3 is 2.32 bits per heavy atom. The van der Waals surface area contributed by atoms with E-state index < -0.39 is 5.97 Å². The van der Waals surface area contributed by atoms with E-state index in [9.17, 15) is 9.59 Å². The van der Waals surface area contributed by atoms with Crippen LogP contribution in [0.2, 0.25) is 0 Å². The monoisotopic (exact) mass is 357 g/mol. The van der Waals surface area contributed by atoms with E-state index in [-0.39, 0.29) is 18.6 Å². The molecule has 1 unspecified atom stereocenters. The number of rotatable bonds is 10. The van der Waals surface area contributed by atoms with Gasteiger partial charge in [0.25, 0.3) is 0 Å². The van der Waals surface area contributed by atoms with Crippen molar-refractivity contribution in [3.05, 3.63) is 0 Å². The summed E-state index contributed by atoms with van der Waals surface area (Å²) in [6.45, 7) is 13.0. The molecule has 1 atom stereocenters. The average molecular weight is 357 g/mol. The first-order valence-corrected chi connectivity index (χ1v) is 9.19. The van der Waals surface area contributed by atoms with Crippen molar-refractivity contribution in [1.29, 1.82) is 0 Å². The summed E-state index contributed by atoms with van der Waals surface area (Å²) in [6, 6.07) is 0. The van der Waals surface area contributed by atoms with Crippen LogP contribution in [0.5, 0.6) is 0 Å². The van der Waals surface area contributed by atoms with Gasteiger partial charge in [0.2, 0.25) is 5.91 Å². The number of nitrogens with zero attached hydrogens (tertiary/aromatic N) is 3. The van der Waals surface area contributed by atoms with Crippen LogP contribution in [0.3, 0.4) is 0 Å². The quantitative estimate of drug-likeness (QED) is 0.625. The smallest absolute Gasteiger partial charge is 0.317 e. The van der Waals surface area contributed by atoms with E-state index in [0.29, 0.717) is 38.1 Å². The van der Waals surface area contributed by atoms with Crippen molar-refractivity contribution in [3.8, 4) is 0 Å². The Bertz CT molecular complexity index is 419. The lowest BCUT2D eigenvalue weighted by atomic mass is 10.1. The maximum absolute atomic E-state index is 12.7. The van der Waals surface area contributed by atoms with Crippen LogP contribution < -0.4 is 0 Å². The first-order valence-electron chi connectivity index (χ1n) is 9.19. The topological polar surface area (TPSA) is 73.3 Å². The molecule has 0 aromatic heterocycles. The minimum absolute atomic E-state index is 0.00462. The molecule has 1 amide bonds. The van der Waals surface area contributed by atoms with Gasteiger partial charge >= 0.3 is 5.97 Å². The van der Waals surface area contributed by atoms with E-state index in [1.165, 1.54) is 0 Å². The SMILES string of the molecule is CC(C)CN(CC(C)C)C(=O)CN1CCOC(CN(C)CC(=O)O)C1. The highest BCUT2D eigenvalue weighted by Gasteiger charge is 2.25. The number of ether oxygens (including phenoxy) is 1. The minimum Gasteiger partial charge on any atom is -0.480 e. The van der Waals surface area contributed by atoms with Gasteiger partial charge in [0.05, 0.1) is 25.8 Å². The van der Waals surface area contributed by atoms with Gasteiger partial charge in [-0.3, -0.25) is 19.4 Å². The lowest BCUT2D eigenvalue weighted by Gasteiger charge is -2.35. The molecule has 1 rings (SSSR count). The highest BCUT2D eigenvalue weighted by atomic mass is 16.5. The molecule has 0 aliphatic carbocycles. The largest absolute Gasteiger partial charge is 0.480 e. The second-order valence-electron chi connectivity index (χ2n) is 7.90. The Morgan fingerprint density at radius 2 is 1.80 bits per heavy atom. The fraction of sp³-hybridized carbons (Fsp3) is 0.889. The summed E-state index contributed by atoms with van der Waals surface area (Å²) in [6.07, 6.45) is -0.0606. The van der Waals surface area contributed by atoms with Gasteiger partial charge in [0.15, 0.2) is 0 Å². The number of carboxylic acids is 1. The van der Waals surface area contributed by atoms with Crippen molar-refractivity contribution in [2.24, 2.45) is 11.8 Å². The van der Waals surface area contributed by atoms with Crippen LogP contribution in [0, 0.1) is 11.8 Å². The molecule has 7 nitrogen and oxygen atoms in total. The number of carbonyl (C=O) groups excluding carboxylic acids is 1. The number of carbonyl (C=O) groups is 2. The lowest BCUT2D eigenvalue weighted by molar-refractivity contribution is -0.138. The number of morpholine rings is 1. The van der Waals surface area contributed by atoms with Crippen molar-refractivity contribution in [1.82, 2.24) is 14.7 Å². The molecule has 7 heteroatoms. The number of aliphatic carboxylic acids is 1. The molecule has 146 valence electrons. The van der Waals surface area contributed by atoms with E-state index in [0.717, 1.165) is 19.6 Å². The standard InChI is InChI=1S/C18H35N3O4/c1-14(2)8-21(9-15(3)4)17(22)12-20-6-7-25-16(11-20)10-19(5)13-18(23)24/h14-16H,6-13H2,1-5H3,(H,23,24). The molecule has 0 saturated carbocycles. The molecule has 0 aromatic carbocycles. The molecular weight excluding hydrogens is 322 g/mol. The van der Waals surface area contributed by atoms with Gasteiger partial charge in [-0.1, -0.05) is 27.7 Å². The van der Waals surface area contributed by atoms with Gasteiger partial charge in [-0.2, -0.15) is 0 Å². The number of hydrogen-bond donors (Lipinski definition) is 1. The molecule has 1 heterocycles. The van der Waals surface area contributed by atoms with Gasteiger partial charge in [-0.25, -0.2) is 0 Å². The van der Waals surface area contributed by atoms with E-state index in [1.54, 1.807) is 11.9 Å². The summed E-state index contributed by atoms with van der Waals surface area (Å²) >= 11 is 0. The third-order valence-electron chi connectivity index (χ3n) is 4.03. The Balaban J connectivity index is 2.52. The third kappa shape index (κ3) is 9.18. The van der Waals surface area contributed by atoms with Gasteiger partial charge in [-0.05, 0) is 18.9 Å². The highest BCUT2D eigenvalue weighted by molar-refractivity contribution is 5.78. The van der Waals surface area contributed by atoms with Crippen LogP contribution in [0.25, 0.3) is 0 Å². The Hall–Kier alpha value is -1.18. The summed E-state index contributed by atoms with van der Waals surface area (Å²) < 4.78 is 5.73. The second-order valence-corrected chi connectivity index (χ2v) is 7.90. The zero-order valence-corrected chi connectivity index (χ0v) is 16.4. The molecule has 1 fully saturated rings. The zero-order valence-electron chi connectivity index (χ0n) is 16.4. The highest BCUT2D eigenvalue weighted by Crippen LogP contribution is 2.09. The van der Waals surface area contributed by atoms with Crippen LogP contribution in [-0.2, 0) is 14.3 Å². The first kappa shape index (κ1) is 21.9. The fourth-order valence-corrected chi connectivity index (χ4v) is 3.13. The van der Waals surface area contributed by atoms with E-state index in [1.807, 2.05) is 4.90 Å². The predicted octanol–water partition coefficient (Wildman–Crippen LogP) is 0.844. The molecule has 0 bridgehead atoms. The molecule has 0 aromatic rings. The normalized spacial score (nSPS) is 19.0. The van der Waals surface area contributed by atoms with E-state index >= 15 is 0 Å². The average Bonchev–Trinajstić information content (AvgIpc) is 2.44. The fourth-order valence-electron chi connectivity index (χ4n) is 3.13. The maximum atomic E-state index is 12.7. The van der Waals surface area contributed by atoms with Crippen LogP contribution in [-0.4, -0.2) is 97.3 Å². The van der Waals surface area contributed by atoms with Crippen molar-refractivity contribution in [2.75, 3.05) is 59.5 Å². The molecule has 1 saturated heterocycles. The van der Waals surface area contributed by atoms with Gasteiger partial charge < -0.3 is 14.7 Å². The van der Waals surface area contributed by atoms with Crippen molar-refractivity contribution in [3.63, 3.8) is 0 Å². The molecular formula is C18H35N3O4. The molecule has 1 N–H and O–H groups in total. The Labute approximate surface area is 151 Å². The summed E-state index contributed by atoms with van der Waals surface area (Å²) in [5, 5.41) is 8.85. The Morgan fingerprint density at radius 1 is 1.20 bits per heavy atom. The predicted molar refractivity (Wildman–Crippen MR) is 97.6 cm³/mol. The van der Waals surface area contributed by atoms with Crippen molar-refractivity contribution >= 4 is 11.9 Å². The maximum Gasteiger partial charge on any atom is 0.317 e. The van der Waals surface area contributed by atoms with Crippen LogP contribution >= 0.6 is 0 Å². The van der Waals surface area contributed by atoms with Crippen LogP contribution in [0.1, 0.15) is 27.7 Å². The van der Waals surface area contributed by atoms with E-state index in [4.69, 9.17) is 9.84 Å². The minimum atomic E-state index is -0.844. The molecule has 1 aliphatic rings. The second kappa shape index (κ2) is 10.7. The van der Waals surface area contributed by atoms with Crippen molar-refractivity contribution in [2.45, 2.75) is 33.8 Å². The van der Waals surface area contributed by atoms with Gasteiger partial charge in [0, 0.05) is 32.7 Å². The summed E-state index contributed by atoms with van der Waals surface area (Å²) in [5.41, 5.74) is 0. The van der Waals surface area contributed by atoms with Crippen molar-refractivity contribution < 1.29 is 19.4 Å². The van der Waals surface area contributed by atoms with Crippen LogP contribution in [0.15, 0.2) is 0 Å². The molecule has 0 spiro atoms. The summed E-state index contributed by atoms with van der Waals surface area (Å²) in [7, 11) is 1.77. The lowest BCUT2D eigenvalue weighted by Crippen LogP contribution is -2.51. The number of carboxylic acid groups (broad SMARTS) is 1. The third-order valence-corrected chi connectivity index (χ3v) is 4.03. The van der Waals surface area contributed by atoms with Crippen LogP contribution in [0.4, 0.5) is 0 Å². The summed E-state index contributed by atoms with van der Waals surface area (Å²) in [4.78, 5) is 29.3. The number of amides is 1. The van der Waals surface area contributed by atoms with Gasteiger partial charge in [0.1, 0.15) is 0 Å². The molecule has 1 aliphatic heterocycles.